The second-order valence-corrected chi connectivity index (χ2v) is 9.20. The molecule has 0 aliphatic carbocycles. The number of hydrogen-bond donors (Lipinski definition) is 0. The maximum atomic E-state index is 11.5. The lowest BCUT2D eigenvalue weighted by atomic mass is 9.92. The highest BCUT2D eigenvalue weighted by atomic mass is 16.6. The Bertz CT molecular complexity index is 1110. The molecule has 0 spiro atoms. The summed E-state index contributed by atoms with van der Waals surface area (Å²) in [6, 6.07) is 15.2. The Balaban J connectivity index is 1.54. The van der Waals surface area contributed by atoms with Crippen molar-refractivity contribution in [3.8, 4) is 16.9 Å². The normalized spacial score (nSPS) is 15.1. The van der Waals surface area contributed by atoms with Gasteiger partial charge in [0.05, 0.1) is 31.5 Å². The minimum Gasteiger partial charge on any atom is -0.490 e. The number of likely N-dealkylation sites (tertiary alicyclic amines) is 1. The van der Waals surface area contributed by atoms with Crippen molar-refractivity contribution >= 4 is 5.69 Å². The van der Waals surface area contributed by atoms with Crippen LogP contribution in [0.25, 0.3) is 11.1 Å². The molecule has 1 saturated heterocycles. The van der Waals surface area contributed by atoms with E-state index in [1.807, 2.05) is 24.3 Å². The molecule has 2 aromatic carbocycles. The molecule has 1 aliphatic heterocycles. The molecule has 2 heterocycles. The van der Waals surface area contributed by atoms with Gasteiger partial charge in [0, 0.05) is 18.5 Å². The van der Waals surface area contributed by atoms with Crippen LogP contribution in [0.1, 0.15) is 49.0 Å². The number of rotatable bonds is 11. The molecule has 1 fully saturated rings. The molecule has 0 amide bonds. The maximum Gasteiger partial charge on any atom is 0.311 e. The molecule has 186 valence electrons. The fourth-order valence-corrected chi connectivity index (χ4v) is 4.71. The van der Waals surface area contributed by atoms with Crippen molar-refractivity contribution < 1.29 is 18.8 Å². The predicted molar refractivity (Wildman–Crippen MR) is 136 cm³/mol. The van der Waals surface area contributed by atoms with Crippen LogP contribution in [0.5, 0.6) is 5.75 Å². The molecule has 0 bridgehead atoms. The SMILES string of the molecule is COc1ccc(-c2ccc(CC(C)c3ccco3)c(COCCN3CCCCC3)c2)cc1[N+](=O)[O-]. The first-order chi connectivity index (χ1) is 17.0. The molecule has 1 aromatic heterocycles. The Kier molecular flexibility index (Phi) is 8.55. The summed E-state index contributed by atoms with van der Waals surface area (Å²) in [5, 5.41) is 11.5. The molecule has 0 N–H and O–H groups in total. The molecule has 1 atom stereocenters. The van der Waals surface area contributed by atoms with Crippen molar-refractivity contribution in [2.45, 2.75) is 45.1 Å². The number of furan rings is 1. The van der Waals surface area contributed by atoms with Gasteiger partial charge >= 0.3 is 5.69 Å². The van der Waals surface area contributed by atoms with Crippen molar-refractivity contribution in [1.29, 1.82) is 0 Å². The standard InChI is InChI=1S/C28H34N2O5/c1-21(27-7-6-15-35-27)17-22-8-9-23(24-10-11-28(33-2)26(19-24)30(31)32)18-25(22)20-34-16-14-29-12-4-3-5-13-29/h6-11,15,18-19,21H,3-5,12-14,16-17,20H2,1-2H3. The van der Waals surface area contributed by atoms with Gasteiger partial charge in [0.15, 0.2) is 5.75 Å². The summed E-state index contributed by atoms with van der Waals surface area (Å²) in [4.78, 5) is 13.6. The topological polar surface area (TPSA) is 78.0 Å². The molecular formula is C28H34N2O5. The third kappa shape index (κ3) is 6.50. The molecule has 0 saturated carbocycles. The number of benzene rings is 2. The van der Waals surface area contributed by atoms with Gasteiger partial charge in [0.1, 0.15) is 5.76 Å². The van der Waals surface area contributed by atoms with Crippen molar-refractivity contribution in [1.82, 2.24) is 4.90 Å². The third-order valence-electron chi connectivity index (χ3n) is 6.73. The molecular weight excluding hydrogens is 444 g/mol. The van der Waals surface area contributed by atoms with Crippen LogP contribution in [0.15, 0.2) is 59.2 Å². The number of nitro benzene ring substituents is 1. The number of hydrogen-bond acceptors (Lipinski definition) is 6. The summed E-state index contributed by atoms with van der Waals surface area (Å²) in [6.07, 6.45) is 6.39. The number of piperidine rings is 1. The van der Waals surface area contributed by atoms with E-state index >= 15 is 0 Å². The van der Waals surface area contributed by atoms with E-state index in [4.69, 9.17) is 13.9 Å². The molecule has 1 aliphatic rings. The van der Waals surface area contributed by atoms with Crippen LogP contribution in [-0.2, 0) is 17.8 Å². The number of nitro groups is 1. The fourth-order valence-electron chi connectivity index (χ4n) is 4.71. The van der Waals surface area contributed by atoms with Crippen LogP contribution in [0, 0.1) is 10.1 Å². The monoisotopic (exact) mass is 478 g/mol. The highest BCUT2D eigenvalue weighted by molar-refractivity contribution is 5.70. The molecule has 7 heteroatoms. The molecule has 4 rings (SSSR count). The molecule has 7 nitrogen and oxygen atoms in total. The first-order valence-corrected chi connectivity index (χ1v) is 12.3. The van der Waals surface area contributed by atoms with Crippen LogP contribution in [0.2, 0.25) is 0 Å². The zero-order valence-corrected chi connectivity index (χ0v) is 20.6. The van der Waals surface area contributed by atoms with E-state index < -0.39 is 4.92 Å². The highest BCUT2D eigenvalue weighted by Gasteiger charge is 2.18. The lowest BCUT2D eigenvalue weighted by Gasteiger charge is -2.26. The number of methoxy groups -OCH3 is 1. The molecule has 0 radical (unpaired) electrons. The maximum absolute atomic E-state index is 11.5. The van der Waals surface area contributed by atoms with Gasteiger partial charge in [-0.25, -0.2) is 0 Å². The van der Waals surface area contributed by atoms with Crippen LogP contribution in [-0.4, -0.2) is 43.2 Å². The summed E-state index contributed by atoms with van der Waals surface area (Å²) >= 11 is 0. The summed E-state index contributed by atoms with van der Waals surface area (Å²) in [5.74, 6) is 1.44. The third-order valence-corrected chi connectivity index (χ3v) is 6.73. The smallest absolute Gasteiger partial charge is 0.311 e. The van der Waals surface area contributed by atoms with E-state index in [2.05, 4.69) is 24.0 Å². The predicted octanol–water partition coefficient (Wildman–Crippen LogP) is 6.21. The summed E-state index contributed by atoms with van der Waals surface area (Å²) in [7, 11) is 1.44. The van der Waals surface area contributed by atoms with Crippen molar-refractivity contribution in [3.63, 3.8) is 0 Å². The van der Waals surface area contributed by atoms with Gasteiger partial charge in [-0.2, -0.15) is 0 Å². The Hall–Kier alpha value is -3.16. The average Bonchev–Trinajstić information content (AvgIpc) is 3.43. The second-order valence-electron chi connectivity index (χ2n) is 9.20. The average molecular weight is 479 g/mol. The first kappa shape index (κ1) is 24.9. The van der Waals surface area contributed by atoms with Gasteiger partial charge in [-0.3, -0.25) is 10.1 Å². The van der Waals surface area contributed by atoms with Gasteiger partial charge in [-0.15, -0.1) is 0 Å². The molecule has 35 heavy (non-hydrogen) atoms. The van der Waals surface area contributed by atoms with Crippen LogP contribution >= 0.6 is 0 Å². The van der Waals surface area contributed by atoms with Gasteiger partial charge in [-0.05, 0) is 78.9 Å². The summed E-state index contributed by atoms with van der Waals surface area (Å²) in [5.41, 5.74) is 3.94. The Labute approximate surface area is 206 Å². The first-order valence-electron chi connectivity index (χ1n) is 12.3. The summed E-state index contributed by atoms with van der Waals surface area (Å²) in [6.45, 7) is 6.59. The minimum absolute atomic E-state index is 0.0418. The lowest BCUT2D eigenvalue weighted by molar-refractivity contribution is -0.385. The van der Waals surface area contributed by atoms with E-state index in [1.54, 1.807) is 18.4 Å². The number of ether oxygens (including phenoxy) is 2. The van der Waals surface area contributed by atoms with Gasteiger partial charge in [0.25, 0.3) is 0 Å². The van der Waals surface area contributed by atoms with Crippen molar-refractivity contribution in [2.24, 2.45) is 0 Å². The van der Waals surface area contributed by atoms with Crippen molar-refractivity contribution in [2.75, 3.05) is 33.4 Å². The van der Waals surface area contributed by atoms with E-state index in [-0.39, 0.29) is 17.4 Å². The van der Waals surface area contributed by atoms with E-state index in [1.165, 1.54) is 31.9 Å². The second kappa shape index (κ2) is 12.0. The largest absolute Gasteiger partial charge is 0.490 e. The quantitative estimate of drug-likeness (QED) is 0.185. The van der Waals surface area contributed by atoms with Crippen LogP contribution in [0.3, 0.4) is 0 Å². The van der Waals surface area contributed by atoms with E-state index in [0.29, 0.717) is 13.2 Å². The van der Waals surface area contributed by atoms with Crippen LogP contribution in [0.4, 0.5) is 5.69 Å². The fraction of sp³-hybridized carbons (Fsp3) is 0.429. The van der Waals surface area contributed by atoms with Gasteiger partial charge < -0.3 is 18.8 Å². The Morgan fingerprint density at radius 1 is 1.06 bits per heavy atom. The lowest BCUT2D eigenvalue weighted by Crippen LogP contribution is -2.32. The van der Waals surface area contributed by atoms with Crippen LogP contribution < -0.4 is 4.74 Å². The number of nitrogens with zero attached hydrogens (tertiary/aromatic N) is 2. The van der Waals surface area contributed by atoms with Crippen molar-refractivity contribution in [3.05, 3.63) is 81.8 Å². The van der Waals surface area contributed by atoms with Gasteiger partial charge in [-0.1, -0.05) is 31.5 Å². The Morgan fingerprint density at radius 2 is 1.83 bits per heavy atom. The highest BCUT2D eigenvalue weighted by Crippen LogP contribution is 2.34. The molecule has 1 unspecified atom stereocenters. The van der Waals surface area contributed by atoms with E-state index in [0.717, 1.165) is 48.5 Å². The molecule has 3 aromatic rings. The summed E-state index contributed by atoms with van der Waals surface area (Å²) < 4.78 is 16.9. The Morgan fingerprint density at radius 3 is 2.54 bits per heavy atom. The minimum atomic E-state index is -0.410. The zero-order chi connectivity index (χ0) is 24.6. The zero-order valence-electron chi connectivity index (χ0n) is 20.6. The van der Waals surface area contributed by atoms with E-state index in [9.17, 15) is 10.1 Å². The van der Waals surface area contributed by atoms with Gasteiger partial charge in [0.2, 0.25) is 0 Å².